The summed E-state index contributed by atoms with van der Waals surface area (Å²) in [4.78, 5) is 4.31. The van der Waals surface area contributed by atoms with Gasteiger partial charge >= 0.3 is 18.0 Å². The Morgan fingerprint density at radius 3 is 1.66 bits per heavy atom. The van der Waals surface area contributed by atoms with E-state index in [4.69, 9.17) is 9.47 Å². The summed E-state index contributed by atoms with van der Waals surface area (Å²) in [5.41, 5.74) is 0.0565. The molecule has 4 aromatic rings. The number of alkyl halides is 6. The summed E-state index contributed by atoms with van der Waals surface area (Å²) in [5.74, 6) is 1.37. The van der Waals surface area contributed by atoms with Crippen molar-refractivity contribution in [2.45, 2.75) is 23.7 Å². The van der Waals surface area contributed by atoms with Crippen LogP contribution in [-0.4, -0.2) is 17.3 Å². The lowest BCUT2D eigenvalue weighted by Gasteiger charge is -2.16. The number of aromatic nitrogens is 1. The minimum Gasteiger partial charge on any atom is -0.457 e. The number of hydrazine groups is 1. The molecule has 0 unspecified atom stereocenters. The minimum atomic E-state index is -4.61. The molecule has 3 heterocycles. The molecule has 13 heteroatoms. The Bertz CT molecular complexity index is 1450. The first kappa shape index (κ1) is 24.1. The van der Waals surface area contributed by atoms with Gasteiger partial charge in [0.25, 0.3) is 0 Å². The van der Waals surface area contributed by atoms with E-state index in [1.165, 1.54) is 54.7 Å². The van der Waals surface area contributed by atoms with Gasteiger partial charge in [0.2, 0.25) is 5.66 Å². The van der Waals surface area contributed by atoms with E-state index in [9.17, 15) is 26.3 Å². The van der Waals surface area contributed by atoms with Crippen LogP contribution in [0.4, 0.5) is 26.3 Å². The van der Waals surface area contributed by atoms with Gasteiger partial charge in [0.15, 0.2) is 0 Å². The smallest absolute Gasteiger partial charge is 0.442 e. The van der Waals surface area contributed by atoms with Crippen molar-refractivity contribution in [2.24, 2.45) is 10.2 Å². The van der Waals surface area contributed by atoms with E-state index in [0.29, 0.717) is 28.2 Å². The molecule has 0 atom stereocenters. The second kappa shape index (κ2) is 8.13. The quantitative estimate of drug-likeness (QED) is 0.210. The highest BCUT2D eigenvalue weighted by Gasteiger charge is 2.66. The average Bonchev–Trinajstić information content (AvgIpc) is 3.78. The van der Waals surface area contributed by atoms with Gasteiger partial charge < -0.3 is 9.47 Å². The van der Waals surface area contributed by atoms with Gasteiger partial charge in [0.05, 0.1) is 11.7 Å². The van der Waals surface area contributed by atoms with Gasteiger partial charge in [-0.3, -0.25) is 4.98 Å². The van der Waals surface area contributed by atoms with Crippen molar-refractivity contribution in [3.05, 3.63) is 90.1 Å². The summed E-state index contributed by atoms with van der Waals surface area (Å²) >= 11 is 0. The molecule has 194 valence electrons. The fraction of sp³-hybridized carbons (Fsp3) is 0.160. The Morgan fingerprint density at radius 1 is 0.605 bits per heavy atom. The van der Waals surface area contributed by atoms with Crippen LogP contribution in [0.3, 0.4) is 0 Å². The first-order chi connectivity index (χ1) is 18.0. The second-order valence-electron chi connectivity index (χ2n) is 8.65. The predicted molar refractivity (Wildman–Crippen MR) is 121 cm³/mol. The first-order valence-corrected chi connectivity index (χ1v) is 11.1. The summed E-state index contributed by atoms with van der Waals surface area (Å²) in [5, 5.41) is 6.99. The summed E-state index contributed by atoms with van der Waals surface area (Å²) in [6.45, 7) is 0. The van der Waals surface area contributed by atoms with E-state index < -0.39 is 23.7 Å². The van der Waals surface area contributed by atoms with Crippen LogP contribution in [0.2, 0.25) is 0 Å². The molecule has 3 aromatic carbocycles. The van der Waals surface area contributed by atoms with E-state index >= 15 is 0 Å². The van der Waals surface area contributed by atoms with Gasteiger partial charge in [0, 0.05) is 10.9 Å². The maximum Gasteiger partial charge on any atom is 0.442 e. The van der Waals surface area contributed by atoms with Crippen molar-refractivity contribution in [1.82, 2.24) is 15.8 Å². The van der Waals surface area contributed by atoms with Gasteiger partial charge in [0.1, 0.15) is 23.0 Å². The molecule has 6 rings (SSSR count). The normalized spacial score (nSPS) is 17.3. The lowest BCUT2D eigenvalue weighted by molar-refractivity contribution is -0.166. The fourth-order valence-electron chi connectivity index (χ4n) is 3.96. The number of fused-ring (bicyclic) bond motifs is 1. The number of pyridine rings is 1. The molecule has 0 amide bonds. The molecule has 2 aliphatic rings. The van der Waals surface area contributed by atoms with E-state index in [2.05, 4.69) is 26.1 Å². The van der Waals surface area contributed by atoms with Crippen LogP contribution < -0.4 is 20.3 Å². The fourth-order valence-corrected chi connectivity index (χ4v) is 3.96. The molecule has 0 aliphatic carbocycles. The summed E-state index contributed by atoms with van der Waals surface area (Å²) in [7, 11) is 0. The standard InChI is InChI=1S/C25H15F6N5O2/c26-24(27,28)22(33-34-22)15-1-5-17(6-2-15)37-19-9-10-21-14(11-19)12-20(13-32-21)38-18-7-3-16(4-8-18)23(35-36-23)25(29,30)31/h1-13,33-34H. The van der Waals surface area contributed by atoms with E-state index in [1.807, 2.05) is 0 Å². The Kier molecular flexibility index (Phi) is 5.16. The molecule has 2 aliphatic heterocycles. The number of rotatable bonds is 6. The zero-order chi connectivity index (χ0) is 26.8. The minimum absolute atomic E-state index is 0.00406. The van der Waals surface area contributed by atoms with E-state index in [1.54, 1.807) is 24.3 Å². The lowest BCUT2D eigenvalue weighted by Crippen LogP contribution is -2.34. The molecular formula is C25H15F6N5O2. The number of hydrogen-bond donors (Lipinski definition) is 2. The Labute approximate surface area is 210 Å². The van der Waals surface area contributed by atoms with Crippen LogP contribution in [0.1, 0.15) is 11.1 Å². The highest BCUT2D eigenvalue weighted by molar-refractivity contribution is 5.81. The zero-order valence-corrected chi connectivity index (χ0v) is 18.9. The Morgan fingerprint density at radius 2 is 1.13 bits per heavy atom. The largest absolute Gasteiger partial charge is 0.457 e. The van der Waals surface area contributed by atoms with Crippen molar-refractivity contribution in [3.8, 4) is 23.0 Å². The maximum absolute atomic E-state index is 13.2. The van der Waals surface area contributed by atoms with Crippen molar-refractivity contribution < 1.29 is 35.8 Å². The third-order valence-electron chi connectivity index (χ3n) is 6.14. The highest BCUT2D eigenvalue weighted by Crippen LogP contribution is 2.52. The van der Waals surface area contributed by atoms with Crippen molar-refractivity contribution in [2.75, 3.05) is 0 Å². The number of nitrogens with zero attached hydrogens (tertiary/aromatic N) is 3. The number of nitrogens with one attached hydrogen (secondary N) is 2. The van der Waals surface area contributed by atoms with Crippen LogP contribution in [0.5, 0.6) is 23.0 Å². The van der Waals surface area contributed by atoms with E-state index in [0.717, 1.165) is 0 Å². The number of hydrogen-bond acceptors (Lipinski definition) is 7. The molecule has 1 fully saturated rings. The lowest BCUT2D eigenvalue weighted by atomic mass is 10.0. The maximum atomic E-state index is 13.2. The molecule has 7 nitrogen and oxygen atoms in total. The van der Waals surface area contributed by atoms with Crippen LogP contribution in [0.25, 0.3) is 10.9 Å². The average molecular weight is 531 g/mol. The van der Waals surface area contributed by atoms with Crippen molar-refractivity contribution in [3.63, 3.8) is 0 Å². The summed E-state index contributed by atoms with van der Waals surface area (Å²) in [6, 6.07) is 17.5. The van der Waals surface area contributed by atoms with Gasteiger partial charge in [-0.2, -0.15) is 26.3 Å². The van der Waals surface area contributed by atoms with Gasteiger partial charge in [-0.1, -0.05) is 24.3 Å². The first-order valence-electron chi connectivity index (χ1n) is 11.1. The van der Waals surface area contributed by atoms with Crippen molar-refractivity contribution in [1.29, 1.82) is 0 Å². The van der Waals surface area contributed by atoms with E-state index in [-0.39, 0.29) is 16.9 Å². The highest BCUT2D eigenvalue weighted by atomic mass is 19.4. The molecule has 0 spiro atoms. The monoisotopic (exact) mass is 531 g/mol. The van der Waals surface area contributed by atoms with Crippen LogP contribution in [0.15, 0.2) is 89.2 Å². The third-order valence-corrected chi connectivity index (χ3v) is 6.14. The molecule has 2 N–H and O–H groups in total. The zero-order valence-electron chi connectivity index (χ0n) is 18.9. The molecule has 1 saturated heterocycles. The summed E-state index contributed by atoms with van der Waals surface area (Å²) < 4.78 is 90.8. The number of ether oxygens (including phenoxy) is 2. The predicted octanol–water partition coefficient (Wildman–Crippen LogP) is 6.82. The van der Waals surface area contributed by atoms with Crippen LogP contribution in [0, 0.1) is 0 Å². The van der Waals surface area contributed by atoms with Gasteiger partial charge in [-0.05, 0) is 54.1 Å². The van der Waals surface area contributed by atoms with Gasteiger partial charge in [-0.25, -0.2) is 10.9 Å². The topological polar surface area (TPSA) is 100.0 Å². The van der Waals surface area contributed by atoms with Gasteiger partial charge in [-0.15, -0.1) is 10.2 Å². The number of halogens is 6. The number of benzene rings is 3. The second-order valence-corrected chi connectivity index (χ2v) is 8.65. The molecule has 38 heavy (non-hydrogen) atoms. The molecule has 0 radical (unpaired) electrons. The van der Waals surface area contributed by atoms with Crippen LogP contribution in [-0.2, 0) is 11.3 Å². The Balaban J connectivity index is 1.17. The van der Waals surface area contributed by atoms with Crippen LogP contribution >= 0.6 is 0 Å². The summed E-state index contributed by atoms with van der Waals surface area (Å²) in [6.07, 6.45) is -7.65. The van der Waals surface area contributed by atoms with Crippen molar-refractivity contribution >= 4 is 10.9 Å². The third kappa shape index (κ3) is 4.09. The molecular weight excluding hydrogens is 516 g/mol. The SMILES string of the molecule is FC(F)(F)C1(c2ccc(Oc3cnc4ccc(Oc5ccc(C6(C(F)(F)F)NN6)cc5)cc4c3)cc2)N=N1. The Hall–Kier alpha value is -4.23. The molecule has 1 aromatic heterocycles. The molecule has 0 bridgehead atoms. The molecule has 0 saturated carbocycles.